The van der Waals surface area contributed by atoms with E-state index >= 15 is 0 Å². The van der Waals surface area contributed by atoms with Crippen LogP contribution in [0.4, 0.5) is 10.1 Å². The van der Waals surface area contributed by atoms with Crippen LogP contribution in [0.2, 0.25) is 0 Å². The number of hydrogen-bond donors (Lipinski definition) is 2. The summed E-state index contributed by atoms with van der Waals surface area (Å²) in [6, 6.07) is 4.17. The number of aliphatic hydroxyl groups is 1. The highest BCUT2D eigenvalue weighted by Gasteiger charge is 2.33. The molecule has 0 radical (unpaired) electrons. The molecule has 5 heteroatoms. The minimum atomic E-state index is -0.813. The van der Waals surface area contributed by atoms with Crippen LogP contribution in [0.15, 0.2) is 18.2 Å². The molecule has 1 amide bonds. The number of halogens is 1. The molecule has 0 saturated heterocycles. The van der Waals surface area contributed by atoms with Gasteiger partial charge in [0.15, 0.2) is 0 Å². The first kappa shape index (κ1) is 13.8. The highest BCUT2D eigenvalue weighted by atomic mass is 19.1. The number of hydrogen-bond acceptors (Lipinski definition) is 3. The molecule has 3 N–H and O–H groups in total. The number of anilines is 1. The van der Waals surface area contributed by atoms with Gasteiger partial charge in [-0.3, -0.25) is 4.79 Å². The Hall–Kier alpha value is -1.62. The molecule has 19 heavy (non-hydrogen) atoms. The lowest BCUT2D eigenvalue weighted by atomic mass is 10.0. The van der Waals surface area contributed by atoms with Gasteiger partial charge in [0.2, 0.25) is 0 Å². The molecule has 0 spiro atoms. The van der Waals surface area contributed by atoms with Gasteiger partial charge < -0.3 is 15.7 Å². The van der Waals surface area contributed by atoms with E-state index in [2.05, 4.69) is 0 Å². The normalized spacial score (nSPS) is 17.4. The molecule has 1 aliphatic carbocycles. The van der Waals surface area contributed by atoms with Gasteiger partial charge in [-0.2, -0.15) is 0 Å². The molecule has 1 saturated carbocycles. The van der Waals surface area contributed by atoms with Crippen molar-refractivity contribution in [3.05, 3.63) is 29.6 Å². The fraction of sp³-hybridized carbons (Fsp3) is 0.500. The molecule has 0 heterocycles. The Bertz CT molecular complexity index is 484. The van der Waals surface area contributed by atoms with E-state index in [9.17, 15) is 14.3 Å². The van der Waals surface area contributed by atoms with Crippen molar-refractivity contribution in [1.29, 1.82) is 0 Å². The van der Waals surface area contributed by atoms with Crippen LogP contribution in [0, 0.1) is 5.82 Å². The van der Waals surface area contributed by atoms with Gasteiger partial charge in [-0.25, -0.2) is 4.39 Å². The number of carbonyl (C=O) groups excluding carboxylic acids is 1. The van der Waals surface area contributed by atoms with Gasteiger partial charge in [0.25, 0.3) is 5.91 Å². The highest BCUT2D eigenvalue weighted by molar-refractivity contribution is 5.99. The second-order valence-corrected chi connectivity index (χ2v) is 5.29. The number of nitrogens with zero attached hydrogens (tertiary/aromatic N) is 1. The number of benzene rings is 1. The highest BCUT2D eigenvalue weighted by Crippen LogP contribution is 2.30. The average Bonchev–Trinajstić information content (AvgIpc) is 2.78. The van der Waals surface area contributed by atoms with Crippen LogP contribution in [0.1, 0.15) is 36.0 Å². The van der Waals surface area contributed by atoms with Gasteiger partial charge in [0.1, 0.15) is 5.82 Å². The summed E-state index contributed by atoms with van der Waals surface area (Å²) in [5, 5.41) is 10.3. The molecule has 1 fully saturated rings. The summed E-state index contributed by atoms with van der Waals surface area (Å²) in [6.45, 7) is 0.252. The SMILES string of the molecule is CN(CC1(O)CCCC1)C(=O)c1cccc(F)c1N. The second-order valence-electron chi connectivity index (χ2n) is 5.29. The maximum atomic E-state index is 13.3. The molecule has 104 valence electrons. The van der Waals surface area contributed by atoms with Crippen LogP contribution in [0.5, 0.6) is 0 Å². The van der Waals surface area contributed by atoms with E-state index in [-0.39, 0.29) is 23.7 Å². The molecule has 2 rings (SSSR count). The average molecular weight is 266 g/mol. The Labute approximate surface area is 112 Å². The number of amides is 1. The predicted octanol–water partition coefficient (Wildman–Crippen LogP) is 1.78. The number of likely N-dealkylation sites (N-methyl/N-ethyl adjacent to an activating group) is 1. The lowest BCUT2D eigenvalue weighted by Crippen LogP contribution is -2.42. The van der Waals surface area contributed by atoms with Crippen molar-refractivity contribution in [3.8, 4) is 0 Å². The molecule has 1 aliphatic rings. The van der Waals surface area contributed by atoms with E-state index in [1.165, 1.54) is 23.1 Å². The predicted molar refractivity (Wildman–Crippen MR) is 71.2 cm³/mol. The Morgan fingerprint density at radius 1 is 1.47 bits per heavy atom. The monoisotopic (exact) mass is 266 g/mol. The summed E-state index contributed by atoms with van der Waals surface area (Å²) in [5.74, 6) is -0.962. The third-order valence-corrected chi connectivity index (χ3v) is 3.70. The summed E-state index contributed by atoms with van der Waals surface area (Å²) >= 11 is 0. The summed E-state index contributed by atoms with van der Waals surface area (Å²) in [5.41, 5.74) is 4.77. The van der Waals surface area contributed by atoms with Crippen LogP contribution in [0.25, 0.3) is 0 Å². The summed E-state index contributed by atoms with van der Waals surface area (Å²) in [6.07, 6.45) is 3.34. The molecule has 0 unspecified atom stereocenters. The maximum absolute atomic E-state index is 13.3. The van der Waals surface area contributed by atoms with Gasteiger partial charge >= 0.3 is 0 Å². The largest absolute Gasteiger partial charge is 0.396 e. The summed E-state index contributed by atoms with van der Waals surface area (Å²) in [7, 11) is 1.60. The Kier molecular flexibility index (Phi) is 3.75. The van der Waals surface area contributed by atoms with E-state index in [0.29, 0.717) is 12.8 Å². The minimum Gasteiger partial charge on any atom is -0.396 e. The van der Waals surface area contributed by atoms with E-state index in [0.717, 1.165) is 12.8 Å². The molecule has 4 nitrogen and oxygen atoms in total. The zero-order chi connectivity index (χ0) is 14.0. The van der Waals surface area contributed by atoms with Gasteiger partial charge in [-0.15, -0.1) is 0 Å². The lowest BCUT2D eigenvalue weighted by molar-refractivity contribution is 0.0157. The summed E-state index contributed by atoms with van der Waals surface area (Å²) < 4.78 is 13.3. The third-order valence-electron chi connectivity index (χ3n) is 3.70. The molecular formula is C14H19FN2O2. The lowest BCUT2D eigenvalue weighted by Gasteiger charge is -2.29. The van der Waals surface area contributed by atoms with Gasteiger partial charge in [0, 0.05) is 13.6 Å². The van der Waals surface area contributed by atoms with Gasteiger partial charge in [-0.05, 0) is 25.0 Å². The van der Waals surface area contributed by atoms with Crippen molar-refractivity contribution < 1.29 is 14.3 Å². The Morgan fingerprint density at radius 3 is 2.74 bits per heavy atom. The standard InChI is InChI=1S/C14H19FN2O2/c1-17(9-14(19)7-2-3-8-14)13(18)10-5-4-6-11(15)12(10)16/h4-6,19H,2-3,7-9,16H2,1H3. The van der Waals surface area contributed by atoms with Crippen LogP contribution < -0.4 is 5.73 Å². The fourth-order valence-electron chi connectivity index (χ4n) is 2.63. The molecule has 0 atom stereocenters. The molecule has 1 aromatic rings. The molecule has 1 aromatic carbocycles. The Morgan fingerprint density at radius 2 is 2.11 bits per heavy atom. The number of nitrogen functional groups attached to an aromatic ring is 1. The number of para-hydroxylation sites is 1. The smallest absolute Gasteiger partial charge is 0.255 e. The second kappa shape index (κ2) is 5.17. The quantitative estimate of drug-likeness (QED) is 0.820. The van der Waals surface area contributed by atoms with E-state index in [1.807, 2.05) is 0 Å². The van der Waals surface area contributed by atoms with Crippen molar-refractivity contribution in [3.63, 3.8) is 0 Å². The van der Waals surface area contributed by atoms with E-state index < -0.39 is 11.4 Å². The van der Waals surface area contributed by atoms with Crippen LogP contribution in [-0.4, -0.2) is 35.1 Å². The zero-order valence-corrected chi connectivity index (χ0v) is 11.0. The van der Waals surface area contributed by atoms with E-state index in [4.69, 9.17) is 5.73 Å². The van der Waals surface area contributed by atoms with Crippen molar-refractivity contribution >= 4 is 11.6 Å². The van der Waals surface area contributed by atoms with Crippen molar-refractivity contribution in [1.82, 2.24) is 4.90 Å². The number of rotatable bonds is 3. The van der Waals surface area contributed by atoms with Crippen LogP contribution in [-0.2, 0) is 0 Å². The van der Waals surface area contributed by atoms with Crippen LogP contribution >= 0.6 is 0 Å². The first-order chi connectivity index (χ1) is 8.93. The van der Waals surface area contributed by atoms with Gasteiger partial charge in [-0.1, -0.05) is 18.9 Å². The fourth-order valence-corrected chi connectivity index (χ4v) is 2.63. The Balaban J connectivity index is 2.12. The summed E-state index contributed by atoms with van der Waals surface area (Å²) in [4.78, 5) is 13.6. The van der Waals surface area contributed by atoms with Crippen molar-refractivity contribution in [2.45, 2.75) is 31.3 Å². The number of nitrogens with two attached hydrogens (primary N) is 1. The molecule has 0 aromatic heterocycles. The maximum Gasteiger partial charge on any atom is 0.255 e. The first-order valence-electron chi connectivity index (χ1n) is 6.45. The molecular weight excluding hydrogens is 247 g/mol. The third kappa shape index (κ3) is 2.87. The van der Waals surface area contributed by atoms with Gasteiger partial charge in [0.05, 0.1) is 16.9 Å². The molecule has 0 bridgehead atoms. The van der Waals surface area contributed by atoms with Crippen molar-refractivity contribution in [2.24, 2.45) is 0 Å². The zero-order valence-electron chi connectivity index (χ0n) is 11.0. The minimum absolute atomic E-state index is 0.141. The number of carbonyl (C=O) groups is 1. The van der Waals surface area contributed by atoms with Crippen molar-refractivity contribution in [2.75, 3.05) is 19.3 Å². The molecule has 0 aliphatic heterocycles. The van der Waals surface area contributed by atoms with Crippen LogP contribution in [0.3, 0.4) is 0 Å². The topological polar surface area (TPSA) is 66.6 Å². The van der Waals surface area contributed by atoms with E-state index in [1.54, 1.807) is 7.05 Å². The first-order valence-corrected chi connectivity index (χ1v) is 6.45.